The summed E-state index contributed by atoms with van der Waals surface area (Å²) in [7, 11) is 0. The summed E-state index contributed by atoms with van der Waals surface area (Å²) in [6, 6.07) is 62.0. The minimum absolute atomic E-state index is 0.858. The van der Waals surface area contributed by atoms with Crippen LogP contribution in [0.1, 0.15) is 33.4 Å². The zero-order valence-electron chi connectivity index (χ0n) is 37.0. The summed E-state index contributed by atoms with van der Waals surface area (Å²) in [4.78, 5) is 0. The van der Waals surface area contributed by atoms with E-state index in [4.69, 9.17) is 8.83 Å². The van der Waals surface area contributed by atoms with Crippen LogP contribution >= 0.6 is 0 Å². The Morgan fingerprint density at radius 2 is 0.469 bits per heavy atom. The Labute approximate surface area is 373 Å². The van der Waals surface area contributed by atoms with Crippen molar-refractivity contribution in [2.45, 2.75) is 41.5 Å². The van der Waals surface area contributed by atoms with Crippen LogP contribution < -0.4 is 0 Å². The van der Waals surface area contributed by atoms with Gasteiger partial charge >= 0.3 is 0 Å². The molecule has 10 aromatic carbocycles. The monoisotopic (exact) mass is 822 g/mol. The maximum Gasteiger partial charge on any atom is 0.144 e. The molecule has 2 aliphatic heterocycles. The summed E-state index contributed by atoms with van der Waals surface area (Å²) in [6.07, 6.45) is 0. The molecule has 0 unspecified atom stereocenters. The molecule has 0 saturated carbocycles. The molecule has 10 aromatic rings. The van der Waals surface area contributed by atoms with E-state index in [9.17, 15) is 0 Å². The van der Waals surface area contributed by atoms with Crippen LogP contribution in [-0.4, -0.2) is 0 Å². The second-order valence-corrected chi connectivity index (χ2v) is 17.8. The van der Waals surface area contributed by atoms with E-state index in [0.29, 0.717) is 0 Å². The van der Waals surface area contributed by atoms with Gasteiger partial charge in [0.15, 0.2) is 0 Å². The van der Waals surface area contributed by atoms with Crippen LogP contribution in [0.4, 0.5) is 0 Å². The third-order valence-electron chi connectivity index (χ3n) is 13.9. The maximum atomic E-state index is 7.79. The summed E-state index contributed by atoms with van der Waals surface area (Å²) in [5.74, 6) is 0. The molecule has 0 radical (unpaired) electrons. The van der Waals surface area contributed by atoms with Gasteiger partial charge in [-0.25, -0.2) is 0 Å². The van der Waals surface area contributed by atoms with Gasteiger partial charge in [-0.1, -0.05) is 146 Å². The second kappa shape index (κ2) is 14.4. The number of hydrogen-bond acceptors (Lipinski definition) is 2. The molecule has 0 spiro atoms. The number of hydrogen-bond donors (Lipinski definition) is 0. The minimum Gasteiger partial charge on any atom is -0.455 e. The molecule has 306 valence electrons. The lowest BCUT2D eigenvalue weighted by Gasteiger charge is -2.28. The molecule has 2 aliphatic rings. The van der Waals surface area contributed by atoms with E-state index < -0.39 is 0 Å². The van der Waals surface area contributed by atoms with Gasteiger partial charge in [0, 0.05) is 44.2 Å². The van der Waals surface area contributed by atoms with Gasteiger partial charge in [0.05, 0.1) is 0 Å². The summed E-state index contributed by atoms with van der Waals surface area (Å²) in [6.45, 7) is 13.3. The fourth-order valence-electron chi connectivity index (χ4n) is 10.7. The van der Waals surface area contributed by atoms with Crippen LogP contribution in [0.5, 0.6) is 0 Å². The van der Waals surface area contributed by atoms with Crippen molar-refractivity contribution in [1.29, 1.82) is 0 Å². The average molecular weight is 823 g/mol. The normalized spacial score (nSPS) is 11.9. The minimum atomic E-state index is 0.858. The van der Waals surface area contributed by atoms with Crippen molar-refractivity contribution in [2.75, 3.05) is 0 Å². The van der Waals surface area contributed by atoms with E-state index >= 15 is 0 Å². The number of rotatable bonds is 6. The topological polar surface area (TPSA) is 26.3 Å². The van der Waals surface area contributed by atoms with E-state index in [-0.39, 0.29) is 0 Å². The molecule has 64 heavy (non-hydrogen) atoms. The molecule has 2 heterocycles. The standard InChI is InChI=1S/C62H46O2/c1-35-19-7-13-25-41(35)47-31-51(43-27-15-9-21-37(43)3)59-55-49(47)33-53(45-29-17-11-23-39(45)5)61-57(55)58-56-50(34-54(62(58)63-59)46-30-18-12-24-40(46)6)48(42-26-14-8-20-36(42)2)32-52(60(56)64-61)44-28-16-10-22-38(44)4/h7-34H,1-6H3. The predicted molar refractivity (Wildman–Crippen MR) is 270 cm³/mol. The van der Waals surface area contributed by atoms with Crippen LogP contribution in [0.25, 0.3) is 122 Å². The lowest BCUT2D eigenvalue weighted by molar-refractivity contribution is 0.649. The Hall–Kier alpha value is -7.68. The second-order valence-electron chi connectivity index (χ2n) is 17.8. The first kappa shape index (κ1) is 38.0. The summed E-state index contributed by atoms with van der Waals surface area (Å²) in [5.41, 5.74) is 26.4. The quantitative estimate of drug-likeness (QED) is 0.123. The predicted octanol–water partition coefficient (Wildman–Crippen LogP) is 17.9. The highest BCUT2D eigenvalue weighted by atomic mass is 16.3. The highest BCUT2D eigenvalue weighted by Gasteiger charge is 2.34. The van der Waals surface area contributed by atoms with Gasteiger partial charge in [0.25, 0.3) is 0 Å². The summed E-state index contributed by atoms with van der Waals surface area (Å²) in [5, 5.41) is 4.43. The van der Waals surface area contributed by atoms with Gasteiger partial charge in [0.2, 0.25) is 0 Å². The van der Waals surface area contributed by atoms with Crippen LogP contribution in [0, 0.1) is 41.5 Å². The van der Waals surface area contributed by atoms with Crippen molar-refractivity contribution in [2.24, 2.45) is 0 Å². The Morgan fingerprint density at radius 3 is 0.734 bits per heavy atom. The Morgan fingerprint density at radius 1 is 0.234 bits per heavy atom. The maximum absolute atomic E-state index is 7.79. The van der Waals surface area contributed by atoms with E-state index in [1.807, 2.05) is 0 Å². The van der Waals surface area contributed by atoms with Crippen molar-refractivity contribution >= 4 is 43.9 Å². The fourth-order valence-corrected chi connectivity index (χ4v) is 10.7. The third-order valence-corrected chi connectivity index (χ3v) is 13.9. The number of benzene rings is 10. The molecule has 2 heteroatoms. The Bertz CT molecular complexity index is 3540. The van der Waals surface area contributed by atoms with E-state index in [1.165, 1.54) is 55.6 Å². The average Bonchev–Trinajstić information content (AvgIpc) is 3.31. The zero-order valence-corrected chi connectivity index (χ0v) is 37.0. The zero-order chi connectivity index (χ0) is 43.4. The molecule has 0 aliphatic carbocycles. The Balaban J connectivity index is 1.42. The van der Waals surface area contributed by atoms with E-state index in [0.717, 1.165) is 99.5 Å². The smallest absolute Gasteiger partial charge is 0.144 e. The lowest BCUT2D eigenvalue weighted by atomic mass is 9.79. The number of aryl methyl sites for hydroxylation is 6. The molecule has 0 amide bonds. The molecule has 2 nitrogen and oxygen atoms in total. The van der Waals surface area contributed by atoms with Gasteiger partial charge in [-0.05, 0) is 154 Å². The van der Waals surface area contributed by atoms with Crippen LogP contribution in [-0.2, 0) is 0 Å². The molecule has 0 N–H and O–H groups in total. The van der Waals surface area contributed by atoms with Crippen LogP contribution in [0.2, 0.25) is 0 Å². The SMILES string of the molecule is Cc1ccccc1-c1cc2c(-c3ccccc3C)cc(-c3ccccc3C)c3oc4c(-c5ccccc5C)cc5c(-c6ccccc6C)cc(-c6ccccc6C)c6oc1c(c23)-c4c56. The third kappa shape index (κ3) is 5.58. The summed E-state index contributed by atoms with van der Waals surface area (Å²) < 4.78 is 15.6. The molecule has 12 rings (SSSR count). The fraction of sp³-hybridized carbons (Fsp3) is 0.0968. The van der Waals surface area contributed by atoms with Gasteiger partial charge in [0.1, 0.15) is 22.3 Å². The van der Waals surface area contributed by atoms with Gasteiger partial charge < -0.3 is 8.83 Å². The van der Waals surface area contributed by atoms with Gasteiger partial charge in [-0.15, -0.1) is 0 Å². The van der Waals surface area contributed by atoms with Crippen molar-refractivity contribution in [3.63, 3.8) is 0 Å². The molecular formula is C62H46O2. The highest BCUT2D eigenvalue weighted by molar-refractivity contribution is 6.32. The van der Waals surface area contributed by atoms with Crippen molar-refractivity contribution in [3.8, 4) is 77.9 Å². The molecule has 0 saturated heterocycles. The van der Waals surface area contributed by atoms with Crippen molar-refractivity contribution in [1.82, 2.24) is 0 Å². The first-order valence-electron chi connectivity index (χ1n) is 22.3. The van der Waals surface area contributed by atoms with Crippen LogP contribution in [0.15, 0.2) is 179 Å². The lowest BCUT2D eigenvalue weighted by Crippen LogP contribution is -2.03. The molecular weight excluding hydrogens is 777 g/mol. The molecule has 0 aromatic heterocycles. The van der Waals surface area contributed by atoms with E-state index in [1.54, 1.807) is 0 Å². The summed E-state index contributed by atoms with van der Waals surface area (Å²) >= 11 is 0. The van der Waals surface area contributed by atoms with Gasteiger partial charge in [-0.3, -0.25) is 0 Å². The molecule has 0 atom stereocenters. The first-order valence-corrected chi connectivity index (χ1v) is 22.3. The van der Waals surface area contributed by atoms with Crippen molar-refractivity contribution < 1.29 is 8.83 Å². The molecule has 0 bridgehead atoms. The molecule has 0 fully saturated rings. The first-order chi connectivity index (χ1) is 31.3. The Kier molecular flexibility index (Phi) is 8.58. The van der Waals surface area contributed by atoms with Crippen LogP contribution in [0.3, 0.4) is 0 Å². The highest BCUT2D eigenvalue weighted by Crippen LogP contribution is 2.58. The largest absolute Gasteiger partial charge is 0.455 e. The van der Waals surface area contributed by atoms with Gasteiger partial charge in [-0.2, -0.15) is 0 Å². The van der Waals surface area contributed by atoms with E-state index in [2.05, 4.69) is 211 Å². The van der Waals surface area contributed by atoms with Crippen molar-refractivity contribution in [3.05, 3.63) is 203 Å².